The minimum atomic E-state index is -4.96. The minimum Gasteiger partial charge on any atom is -0.444 e. The lowest BCUT2D eigenvalue weighted by Crippen LogP contribution is -2.46. The van der Waals surface area contributed by atoms with Crippen molar-refractivity contribution in [2.45, 2.75) is 64.5 Å². The molecule has 0 saturated carbocycles. The van der Waals surface area contributed by atoms with Crippen LogP contribution < -0.4 is 10.6 Å². The van der Waals surface area contributed by atoms with E-state index in [1.54, 1.807) is 20.8 Å². The quantitative estimate of drug-likeness (QED) is 0.313. The number of imidazole rings is 1. The number of nitrogens with zero attached hydrogens (tertiary/aromatic N) is 3. The van der Waals surface area contributed by atoms with Gasteiger partial charge >= 0.3 is 12.3 Å². The molecule has 1 atom stereocenters. The monoisotopic (exact) mass is 655 g/mol. The molecule has 3 amide bonds. The van der Waals surface area contributed by atoms with Gasteiger partial charge in [-0.3, -0.25) is 9.59 Å². The molecule has 2 N–H and O–H groups in total. The molecule has 1 aliphatic rings. The summed E-state index contributed by atoms with van der Waals surface area (Å²) in [4.78, 5) is 43.0. The Morgan fingerprint density at radius 1 is 1.05 bits per heavy atom. The van der Waals surface area contributed by atoms with Gasteiger partial charge in [-0.05, 0) is 38.8 Å². The molecule has 3 rings (SSSR count). The number of benzene rings is 1. The highest BCUT2D eigenvalue weighted by molar-refractivity contribution is 7.90. The summed E-state index contributed by atoms with van der Waals surface area (Å²) in [6, 6.07) is -0.344. The van der Waals surface area contributed by atoms with Crippen molar-refractivity contribution in [2.24, 2.45) is 0 Å². The van der Waals surface area contributed by atoms with Gasteiger partial charge in [0.1, 0.15) is 21.3 Å². The summed E-state index contributed by atoms with van der Waals surface area (Å²) in [7, 11) is -3.49. The van der Waals surface area contributed by atoms with Crippen LogP contribution in [0.3, 0.4) is 0 Å². The van der Waals surface area contributed by atoms with Crippen molar-refractivity contribution in [3.05, 3.63) is 52.4 Å². The summed E-state index contributed by atoms with van der Waals surface area (Å²) < 4.78 is 111. The molecule has 0 unspecified atom stereocenters. The largest absolute Gasteiger partial charge is 0.449 e. The Labute approximate surface area is 248 Å². The Bertz CT molecular complexity index is 1540. The van der Waals surface area contributed by atoms with Crippen molar-refractivity contribution in [1.82, 2.24) is 25.1 Å². The van der Waals surface area contributed by atoms with Crippen LogP contribution in [0.15, 0.2) is 12.1 Å². The van der Waals surface area contributed by atoms with E-state index in [1.807, 2.05) is 0 Å². The highest BCUT2D eigenvalue weighted by atomic mass is 32.2. The fourth-order valence-corrected chi connectivity index (χ4v) is 4.86. The van der Waals surface area contributed by atoms with Gasteiger partial charge in [0.15, 0.2) is 17.3 Å². The predicted octanol–water partition coefficient (Wildman–Crippen LogP) is 2.96. The predicted molar refractivity (Wildman–Crippen MR) is 142 cm³/mol. The molecule has 0 radical (unpaired) electrons. The maximum atomic E-state index is 14.4. The fourth-order valence-electron chi connectivity index (χ4n) is 4.39. The van der Waals surface area contributed by atoms with Crippen LogP contribution in [-0.2, 0) is 45.1 Å². The summed E-state index contributed by atoms with van der Waals surface area (Å²) in [5.74, 6) is -7.63. The number of rotatable bonds is 9. The first-order valence-electron chi connectivity index (χ1n) is 13.2. The van der Waals surface area contributed by atoms with Gasteiger partial charge < -0.3 is 24.8 Å². The molecule has 1 aromatic heterocycles. The van der Waals surface area contributed by atoms with Gasteiger partial charge in [0, 0.05) is 44.4 Å². The summed E-state index contributed by atoms with van der Waals surface area (Å²) in [5.41, 5.74) is -2.25. The van der Waals surface area contributed by atoms with Crippen molar-refractivity contribution in [1.29, 1.82) is 0 Å². The van der Waals surface area contributed by atoms with E-state index in [2.05, 4.69) is 15.6 Å². The minimum absolute atomic E-state index is 0.265. The zero-order chi connectivity index (χ0) is 33.2. The topological polar surface area (TPSA) is 140 Å². The van der Waals surface area contributed by atoms with Gasteiger partial charge in [-0.25, -0.2) is 31.4 Å². The zero-order valence-corrected chi connectivity index (χ0v) is 25.0. The summed E-state index contributed by atoms with van der Waals surface area (Å²) in [6.45, 7) is 3.08. The zero-order valence-electron chi connectivity index (χ0n) is 24.1. The number of carbonyl (C=O) groups is 3. The van der Waals surface area contributed by atoms with E-state index in [1.165, 1.54) is 0 Å². The lowest BCUT2D eigenvalue weighted by Gasteiger charge is -2.31. The molecule has 1 aliphatic heterocycles. The second-order valence-corrected chi connectivity index (χ2v) is 13.5. The first-order valence-corrected chi connectivity index (χ1v) is 15.2. The van der Waals surface area contributed by atoms with E-state index in [0.29, 0.717) is 12.1 Å². The molecule has 0 fully saturated rings. The van der Waals surface area contributed by atoms with Crippen LogP contribution >= 0.6 is 0 Å². The van der Waals surface area contributed by atoms with E-state index in [9.17, 15) is 49.1 Å². The number of sulfone groups is 1. The van der Waals surface area contributed by atoms with Crippen LogP contribution in [0.25, 0.3) is 0 Å². The van der Waals surface area contributed by atoms with E-state index in [4.69, 9.17) is 4.74 Å². The number of hydrogen-bond acceptors (Lipinski definition) is 7. The van der Waals surface area contributed by atoms with Crippen LogP contribution in [0.5, 0.6) is 0 Å². The molecule has 0 aliphatic carbocycles. The van der Waals surface area contributed by atoms with Crippen molar-refractivity contribution in [2.75, 3.05) is 25.1 Å². The Kier molecular flexibility index (Phi) is 10.3. The SMILES string of the molecule is CC(C)(C)OC(=O)N[C@@H](CC(=O)N1CCn2c(C(F)(F)F)nc(C(=O)NCCS(C)(=O)=O)c2C1)Cc1cc(F)c(F)cc1F. The van der Waals surface area contributed by atoms with E-state index in [0.717, 1.165) is 15.7 Å². The van der Waals surface area contributed by atoms with E-state index < -0.39 is 113 Å². The Hall–Kier alpha value is -3.83. The molecule has 0 spiro atoms. The maximum Gasteiger partial charge on any atom is 0.449 e. The number of alkyl carbamates (subject to hydrolysis) is 1. The molecule has 2 heterocycles. The summed E-state index contributed by atoms with van der Waals surface area (Å²) in [5, 5.41) is 4.60. The van der Waals surface area contributed by atoms with Crippen molar-refractivity contribution in [3.8, 4) is 0 Å². The van der Waals surface area contributed by atoms with Gasteiger partial charge in [-0.15, -0.1) is 0 Å². The third-order valence-electron chi connectivity index (χ3n) is 6.28. The van der Waals surface area contributed by atoms with E-state index in [-0.39, 0.29) is 17.8 Å². The molecule has 0 saturated heterocycles. The van der Waals surface area contributed by atoms with Crippen molar-refractivity contribution >= 4 is 27.7 Å². The van der Waals surface area contributed by atoms with Crippen LogP contribution in [0.4, 0.5) is 31.1 Å². The summed E-state index contributed by atoms with van der Waals surface area (Å²) in [6.07, 6.45) is -6.09. The third kappa shape index (κ3) is 9.33. The van der Waals surface area contributed by atoms with Crippen LogP contribution in [-0.4, -0.2) is 77.5 Å². The molecule has 44 heavy (non-hydrogen) atoms. The number of amides is 3. The third-order valence-corrected chi connectivity index (χ3v) is 7.23. The van der Waals surface area contributed by atoms with Crippen LogP contribution in [0.1, 0.15) is 54.8 Å². The van der Waals surface area contributed by atoms with E-state index >= 15 is 0 Å². The molecular formula is C26H31F6N5O6S. The number of aromatic nitrogens is 2. The molecule has 2 aromatic rings. The van der Waals surface area contributed by atoms with Crippen LogP contribution in [0, 0.1) is 17.5 Å². The highest BCUT2D eigenvalue weighted by Gasteiger charge is 2.42. The van der Waals surface area contributed by atoms with Crippen molar-refractivity contribution < 1.29 is 53.9 Å². The number of carbonyl (C=O) groups excluding carboxylic acids is 3. The molecule has 0 bridgehead atoms. The fraction of sp³-hybridized carbons (Fsp3) is 0.538. The second-order valence-electron chi connectivity index (χ2n) is 11.2. The van der Waals surface area contributed by atoms with Gasteiger partial charge in [0.25, 0.3) is 5.91 Å². The Balaban J connectivity index is 1.86. The van der Waals surface area contributed by atoms with Gasteiger partial charge in [-0.1, -0.05) is 0 Å². The number of nitrogens with one attached hydrogen (secondary N) is 2. The normalized spacial score (nSPS) is 14.5. The van der Waals surface area contributed by atoms with Gasteiger partial charge in [0.05, 0.1) is 18.0 Å². The number of alkyl halides is 3. The number of halogens is 6. The molecule has 18 heteroatoms. The molecule has 11 nitrogen and oxygen atoms in total. The van der Waals surface area contributed by atoms with Gasteiger partial charge in [0.2, 0.25) is 11.7 Å². The van der Waals surface area contributed by atoms with Gasteiger partial charge in [-0.2, -0.15) is 13.2 Å². The highest BCUT2D eigenvalue weighted by Crippen LogP contribution is 2.32. The average molecular weight is 656 g/mol. The Morgan fingerprint density at radius 2 is 1.68 bits per heavy atom. The lowest BCUT2D eigenvalue weighted by molar-refractivity contribution is -0.148. The number of ether oxygens (including phenoxy) is 1. The number of fused-ring (bicyclic) bond motifs is 1. The Morgan fingerprint density at radius 3 is 2.27 bits per heavy atom. The summed E-state index contributed by atoms with van der Waals surface area (Å²) >= 11 is 0. The average Bonchev–Trinajstić information content (AvgIpc) is 3.25. The lowest BCUT2D eigenvalue weighted by atomic mass is 10.0. The van der Waals surface area contributed by atoms with Crippen LogP contribution in [0.2, 0.25) is 0 Å². The molecule has 244 valence electrons. The molecule has 1 aromatic carbocycles. The first kappa shape index (κ1) is 34.7. The standard InChI is InChI=1S/C26H31F6N5O6S/c1-25(2,3)43-24(40)34-15(9-14-10-17(28)18(29)12-16(14)27)11-20(38)36-6-7-37-19(13-36)21(35-23(37)26(30,31)32)22(39)33-5-8-44(4,41)42/h10,12,15H,5-9,11,13H2,1-4H3,(H,33,39)(H,34,40)/t15-/m1/s1. The maximum absolute atomic E-state index is 14.4. The smallest absolute Gasteiger partial charge is 0.444 e. The van der Waals surface area contributed by atoms with Crippen molar-refractivity contribution in [3.63, 3.8) is 0 Å². The first-order chi connectivity index (χ1) is 20.1. The second kappa shape index (κ2) is 13.0. The molecular weight excluding hydrogens is 624 g/mol. The number of hydrogen-bond donors (Lipinski definition) is 2.